The first-order valence-corrected chi connectivity index (χ1v) is 9.07. The molecule has 0 saturated heterocycles. The van der Waals surface area contributed by atoms with E-state index in [2.05, 4.69) is 13.8 Å². The van der Waals surface area contributed by atoms with Crippen LogP contribution in [0.5, 0.6) is 0 Å². The van der Waals surface area contributed by atoms with Gasteiger partial charge in [-0.25, -0.2) is 0 Å². The molecule has 0 atom stereocenters. The molecule has 0 radical (unpaired) electrons. The van der Waals surface area contributed by atoms with Gasteiger partial charge in [-0.05, 0) is 0 Å². The van der Waals surface area contributed by atoms with Crippen molar-refractivity contribution in [1.82, 2.24) is 0 Å². The monoisotopic (exact) mass is 262 g/mol. The van der Waals surface area contributed by atoms with E-state index < -0.39 is 23.3 Å². The van der Waals surface area contributed by atoms with Crippen LogP contribution in [0.4, 0.5) is 0 Å². The van der Waals surface area contributed by atoms with Crippen molar-refractivity contribution in [2.45, 2.75) is 49.8 Å². The first-order chi connectivity index (χ1) is 6.49. The fraction of sp³-hybridized carbons (Fsp3) is 1.00. The molecule has 0 spiro atoms. The van der Waals surface area contributed by atoms with Crippen LogP contribution in [0.15, 0.2) is 0 Å². The van der Waals surface area contributed by atoms with E-state index in [-0.39, 0.29) is 0 Å². The van der Waals surface area contributed by atoms with Crippen LogP contribution in [0.3, 0.4) is 0 Å². The van der Waals surface area contributed by atoms with Gasteiger partial charge in [-0.3, -0.25) is 0 Å². The number of phosphoric acid groups is 1. The van der Waals surface area contributed by atoms with Crippen molar-refractivity contribution >= 4 is 7.82 Å². The Kier molecular flexibility index (Phi) is 8.31. The molecular formula is C8H20O4PV. The van der Waals surface area contributed by atoms with Gasteiger partial charge in [-0.2, -0.15) is 0 Å². The van der Waals surface area contributed by atoms with Crippen molar-refractivity contribution in [2.24, 2.45) is 0 Å². The molecule has 0 aromatic heterocycles. The van der Waals surface area contributed by atoms with E-state index in [0.29, 0.717) is 0 Å². The summed E-state index contributed by atoms with van der Waals surface area (Å²) < 4.78 is 15.5. The average Bonchev–Trinajstić information content (AvgIpc) is 2.07. The van der Waals surface area contributed by atoms with E-state index >= 15 is 0 Å². The molecular weight excluding hydrogens is 242 g/mol. The number of hydrogen-bond donors (Lipinski definition) is 2. The molecule has 0 rings (SSSR count). The second kappa shape index (κ2) is 7.92. The van der Waals surface area contributed by atoms with Gasteiger partial charge >= 0.3 is 90.9 Å². The van der Waals surface area contributed by atoms with Crippen LogP contribution in [-0.4, -0.2) is 9.79 Å². The first kappa shape index (κ1) is 14.7. The van der Waals surface area contributed by atoms with Gasteiger partial charge < -0.3 is 0 Å². The average molecular weight is 262 g/mol. The molecule has 0 aliphatic carbocycles. The van der Waals surface area contributed by atoms with Gasteiger partial charge in [0.05, 0.1) is 0 Å². The summed E-state index contributed by atoms with van der Waals surface area (Å²) in [6.45, 7) is 4.15. The third-order valence-corrected chi connectivity index (χ3v) is 6.81. The van der Waals surface area contributed by atoms with Crippen molar-refractivity contribution in [2.75, 3.05) is 0 Å². The second-order valence-corrected chi connectivity index (χ2v) is 8.02. The zero-order chi connectivity index (χ0) is 11.0. The van der Waals surface area contributed by atoms with E-state index in [1.54, 1.807) is 0 Å². The number of rotatable bonds is 8. The molecule has 14 heavy (non-hydrogen) atoms. The first-order valence-electron chi connectivity index (χ1n) is 4.99. The Morgan fingerprint density at radius 1 is 1.14 bits per heavy atom. The van der Waals surface area contributed by atoms with Crippen molar-refractivity contribution in [3.8, 4) is 0 Å². The standard InChI is InChI=1S/2C4H9.H3O4P.V/c2*1-3-4-2;1-5(2,3)4;/h2*1,3-4H2,2H3;(H3,1,2,3,4);/q;;;+1/p-1. The van der Waals surface area contributed by atoms with Gasteiger partial charge in [0.15, 0.2) is 0 Å². The summed E-state index contributed by atoms with van der Waals surface area (Å²) in [5.41, 5.74) is 0. The van der Waals surface area contributed by atoms with Gasteiger partial charge in [-0.15, -0.1) is 0 Å². The van der Waals surface area contributed by atoms with Crippen molar-refractivity contribution in [1.29, 1.82) is 0 Å². The van der Waals surface area contributed by atoms with Gasteiger partial charge in [0.2, 0.25) is 0 Å². The molecule has 0 aromatic rings. The fourth-order valence-electron chi connectivity index (χ4n) is 1.01. The number of unbranched alkanes of at least 4 members (excludes halogenated alkanes) is 2. The molecule has 0 fully saturated rings. The van der Waals surface area contributed by atoms with Crippen LogP contribution in [0, 0.1) is 0 Å². The minimum absolute atomic E-state index is 0.884. The molecule has 0 amide bonds. The summed E-state index contributed by atoms with van der Waals surface area (Å²) in [7, 11) is -4.24. The summed E-state index contributed by atoms with van der Waals surface area (Å²) in [6.07, 6.45) is 4.15. The maximum absolute atomic E-state index is 10.7. The van der Waals surface area contributed by atoms with Gasteiger partial charge in [0.1, 0.15) is 0 Å². The van der Waals surface area contributed by atoms with Crippen LogP contribution in [0.2, 0.25) is 10.3 Å². The van der Waals surface area contributed by atoms with Crippen molar-refractivity contribution in [3.63, 3.8) is 0 Å². The summed E-state index contributed by atoms with van der Waals surface area (Å²) in [5.74, 6) is 0. The van der Waals surface area contributed by atoms with E-state index in [1.165, 1.54) is 0 Å². The Bertz CT molecular complexity index is 174. The summed E-state index contributed by atoms with van der Waals surface area (Å²) in [4.78, 5) is 17.4. The SMILES string of the molecule is CCC[CH2][V]([CH2]CCC)[O]P(=O)(O)O. The Morgan fingerprint density at radius 3 is 1.86 bits per heavy atom. The zero-order valence-electron chi connectivity index (χ0n) is 8.85. The van der Waals surface area contributed by atoms with Gasteiger partial charge in [0.25, 0.3) is 0 Å². The van der Waals surface area contributed by atoms with Crippen LogP contribution in [0.25, 0.3) is 0 Å². The molecule has 0 aliphatic rings. The van der Waals surface area contributed by atoms with Crippen LogP contribution in [-0.2, 0) is 23.5 Å². The summed E-state index contributed by atoms with van der Waals surface area (Å²) in [5, 5.41) is 1.77. The van der Waals surface area contributed by atoms with Crippen molar-refractivity contribution in [3.05, 3.63) is 0 Å². The Balaban J connectivity index is 3.90. The van der Waals surface area contributed by atoms with Crippen LogP contribution >= 0.6 is 7.82 Å². The van der Waals surface area contributed by atoms with E-state index in [1.807, 2.05) is 0 Å². The molecule has 6 heteroatoms. The Labute approximate surface area is 91.2 Å². The van der Waals surface area contributed by atoms with Crippen LogP contribution < -0.4 is 0 Å². The third kappa shape index (κ3) is 9.26. The van der Waals surface area contributed by atoms with Crippen LogP contribution in [0.1, 0.15) is 39.5 Å². The predicted octanol–water partition coefficient (Wildman–Crippen LogP) is 3.07. The summed E-state index contributed by atoms with van der Waals surface area (Å²) in [6, 6.07) is 0. The number of hydrogen-bond acceptors (Lipinski definition) is 2. The molecule has 4 nitrogen and oxygen atoms in total. The molecule has 0 saturated carbocycles. The molecule has 0 aliphatic heterocycles. The van der Waals surface area contributed by atoms with E-state index in [4.69, 9.17) is 13.2 Å². The molecule has 0 aromatic carbocycles. The van der Waals surface area contributed by atoms with E-state index in [0.717, 1.165) is 35.9 Å². The molecule has 0 bridgehead atoms. The predicted molar refractivity (Wildman–Crippen MR) is 52.6 cm³/mol. The third-order valence-electron chi connectivity index (χ3n) is 1.74. The van der Waals surface area contributed by atoms with E-state index in [9.17, 15) is 4.57 Å². The molecule has 86 valence electrons. The second-order valence-electron chi connectivity index (χ2n) is 3.21. The Hall–Kier alpha value is 0.694. The molecule has 0 heterocycles. The normalized spacial score (nSPS) is 12.4. The minimum atomic E-state index is -4.24. The van der Waals surface area contributed by atoms with Gasteiger partial charge in [0, 0.05) is 0 Å². The maximum atomic E-state index is 10.7. The van der Waals surface area contributed by atoms with Crippen molar-refractivity contribution < 1.29 is 33.3 Å². The van der Waals surface area contributed by atoms with Gasteiger partial charge in [-0.1, -0.05) is 0 Å². The molecule has 0 unspecified atom stereocenters. The summed E-state index contributed by atoms with van der Waals surface area (Å²) >= 11 is -1.73. The Morgan fingerprint density at radius 2 is 1.57 bits per heavy atom. The topological polar surface area (TPSA) is 66.8 Å². The zero-order valence-corrected chi connectivity index (χ0v) is 11.1. The molecule has 2 N–H and O–H groups in total. The quantitative estimate of drug-likeness (QED) is 0.660. The fourth-order valence-corrected chi connectivity index (χ4v) is 6.09.